The van der Waals surface area contributed by atoms with Gasteiger partial charge in [0.25, 0.3) is 0 Å². The molecule has 0 aliphatic carbocycles. The van der Waals surface area contributed by atoms with Crippen LogP contribution in [0.5, 0.6) is 0 Å². The SMILES string of the molecule is C[Si](C)(C)[C]([Eu][C]([Si](C)(C)C)([Si](C)(C)C)[Si](C)(C)C)([Si](C)(C)C)[Si](C)(C)C. The molecule has 0 N–H and O–H groups in total. The van der Waals surface area contributed by atoms with E-state index in [-0.39, 0.29) is 0 Å². The Morgan fingerprint density at radius 3 is 0.481 bits per heavy atom. The van der Waals surface area contributed by atoms with Crippen LogP contribution < -0.4 is 0 Å². The molecule has 0 aromatic rings. The molecule has 0 bridgehead atoms. The predicted molar refractivity (Wildman–Crippen MR) is 145 cm³/mol. The van der Waals surface area contributed by atoms with E-state index in [2.05, 4.69) is 118 Å². The molecule has 0 nitrogen and oxygen atoms in total. The summed E-state index contributed by atoms with van der Waals surface area (Å²) in [4.78, 5) is 0. The summed E-state index contributed by atoms with van der Waals surface area (Å²) in [6.07, 6.45) is 0. The van der Waals surface area contributed by atoms with Crippen LogP contribution in [-0.4, -0.2) is 48.4 Å². The molecule has 0 aliphatic heterocycles. The van der Waals surface area contributed by atoms with Crippen molar-refractivity contribution in [3.8, 4) is 0 Å². The maximum atomic E-state index is 2.78. The van der Waals surface area contributed by atoms with E-state index in [0.717, 1.165) is -2.64 Å². The zero-order valence-electron chi connectivity index (χ0n) is 22.4. The number of hydrogen-bond acceptors (Lipinski definition) is 0. The van der Waals surface area contributed by atoms with Gasteiger partial charge in [-0.2, -0.15) is 0 Å². The molecule has 0 heterocycles. The van der Waals surface area contributed by atoms with Gasteiger partial charge in [0.2, 0.25) is 0 Å². The van der Waals surface area contributed by atoms with E-state index in [9.17, 15) is 0 Å². The summed E-state index contributed by atoms with van der Waals surface area (Å²) >= 11 is -0.412. The van der Waals surface area contributed by atoms with Crippen molar-refractivity contribution in [3.05, 3.63) is 0 Å². The van der Waals surface area contributed by atoms with Crippen molar-refractivity contribution in [1.82, 2.24) is 0 Å². The molecule has 0 spiro atoms. The van der Waals surface area contributed by atoms with Crippen LogP contribution in [0.4, 0.5) is 0 Å². The monoisotopic (exact) mass is 615 g/mol. The first-order valence-corrected chi connectivity index (χ1v) is 34.3. The summed E-state index contributed by atoms with van der Waals surface area (Å²) in [5.41, 5.74) is 0. The summed E-state index contributed by atoms with van der Waals surface area (Å²) in [5, 5.41) is 0. The van der Waals surface area contributed by atoms with Crippen LogP contribution in [-0.2, 0) is 0 Å². The molecular weight excluding hydrogens is 561 g/mol. The van der Waals surface area contributed by atoms with Crippen LogP contribution in [0.1, 0.15) is 0 Å². The Morgan fingerprint density at radius 1 is 0.296 bits per heavy atom. The topological polar surface area (TPSA) is 0 Å². The fourth-order valence-electron chi connectivity index (χ4n) is 7.81. The van der Waals surface area contributed by atoms with Crippen molar-refractivity contribution in [3.63, 3.8) is 0 Å². The molecule has 0 fully saturated rings. The molecule has 0 aliphatic rings. The van der Waals surface area contributed by atoms with Gasteiger partial charge in [0.1, 0.15) is 0 Å². The van der Waals surface area contributed by atoms with Crippen molar-refractivity contribution in [2.45, 2.75) is 115 Å². The van der Waals surface area contributed by atoms with Gasteiger partial charge in [-0.15, -0.1) is 0 Å². The molecule has 0 aromatic heterocycles. The second-order valence-corrected chi connectivity index (χ2v) is 60.6. The third kappa shape index (κ3) is 5.28. The molecule has 27 heavy (non-hydrogen) atoms. The van der Waals surface area contributed by atoms with Crippen molar-refractivity contribution >= 4 is 48.4 Å². The first-order chi connectivity index (χ1) is 11.2. The minimum atomic E-state index is -1.30. The molecule has 0 unspecified atom stereocenters. The second kappa shape index (κ2) is 8.34. The van der Waals surface area contributed by atoms with Crippen LogP contribution in [0.2, 0.25) is 115 Å². The molecule has 7 heteroatoms. The summed E-state index contributed by atoms with van der Waals surface area (Å²) in [6.45, 7) is 50.1. The third-order valence-corrected chi connectivity index (χ3v) is 84.6. The maximum absolute atomic E-state index is 2.78. The fraction of sp³-hybridized carbons (Fsp3) is 1.00. The zero-order valence-corrected chi connectivity index (χ0v) is 30.8. The standard InChI is InChI=1S/2C10H27Si3.Eu/c2*1-11(2,3)10(12(4,5)6)13(7,8)9;/h2*1-9H3;. The van der Waals surface area contributed by atoms with Crippen LogP contribution in [0.3, 0.4) is 0 Å². The molecule has 0 saturated carbocycles. The van der Waals surface area contributed by atoms with Crippen LogP contribution in [0.15, 0.2) is 0 Å². The minimum absolute atomic E-state index is 0.412. The Morgan fingerprint density at radius 2 is 0.407 bits per heavy atom. The van der Waals surface area contributed by atoms with Crippen LogP contribution in [0, 0.1) is 44.6 Å². The second-order valence-electron chi connectivity index (χ2n) is 14.9. The quantitative estimate of drug-likeness (QED) is 0.240. The van der Waals surface area contributed by atoms with Gasteiger partial charge in [-0.05, 0) is 0 Å². The molecule has 0 amide bonds. The van der Waals surface area contributed by atoms with E-state index in [1.54, 1.807) is 0 Å². The van der Waals surface area contributed by atoms with Gasteiger partial charge >= 0.3 is 208 Å². The number of hydrogen-bond donors (Lipinski definition) is 0. The van der Waals surface area contributed by atoms with E-state index in [4.69, 9.17) is 0 Å². The third-order valence-electron chi connectivity index (χ3n) is 6.48. The Kier molecular flexibility index (Phi) is 9.24. The molecule has 0 atom stereocenters. The van der Waals surface area contributed by atoms with E-state index in [1.807, 2.05) is 0 Å². The van der Waals surface area contributed by atoms with Gasteiger partial charge in [-0.1, -0.05) is 0 Å². The summed E-state index contributed by atoms with van der Waals surface area (Å²) in [7, 11) is -7.78. The van der Waals surface area contributed by atoms with E-state index >= 15 is 0 Å². The van der Waals surface area contributed by atoms with Crippen molar-refractivity contribution < 1.29 is 44.6 Å². The average Bonchev–Trinajstić information content (AvgIpc) is 2.16. The molecule has 0 radical (unpaired) electrons. The Bertz CT molecular complexity index is 396. The molecule has 0 saturated heterocycles. The van der Waals surface area contributed by atoms with Gasteiger partial charge in [0.05, 0.1) is 0 Å². The van der Waals surface area contributed by atoms with Crippen molar-refractivity contribution in [2.24, 2.45) is 0 Å². The Hall–Kier alpha value is 2.89. The normalized spacial score (nSPS) is 16.7. The summed E-state index contributed by atoms with van der Waals surface area (Å²) in [5.74, 6) is 0. The summed E-state index contributed by atoms with van der Waals surface area (Å²) < 4.78 is 1.68. The average molecular weight is 615 g/mol. The van der Waals surface area contributed by atoms with Crippen LogP contribution in [0.25, 0.3) is 0 Å². The zero-order chi connectivity index (χ0) is 22.7. The first kappa shape index (κ1) is 29.9. The Labute approximate surface area is 205 Å². The van der Waals surface area contributed by atoms with E-state index in [1.165, 1.54) is 0 Å². The van der Waals surface area contributed by atoms with Crippen LogP contribution >= 0.6 is 0 Å². The van der Waals surface area contributed by atoms with Gasteiger partial charge in [-0.25, -0.2) is 0 Å². The van der Waals surface area contributed by atoms with Gasteiger partial charge < -0.3 is 0 Å². The molecule has 0 aromatic carbocycles. The van der Waals surface area contributed by atoms with E-state index in [0.29, 0.717) is 0 Å². The molecule has 0 rings (SSSR count). The number of rotatable bonds is 8. The van der Waals surface area contributed by atoms with Crippen molar-refractivity contribution in [2.75, 3.05) is 0 Å². The summed E-state index contributed by atoms with van der Waals surface area (Å²) in [6, 6.07) is 0. The fourth-order valence-corrected chi connectivity index (χ4v) is 93.9. The Balaban J connectivity index is 7.45. The van der Waals surface area contributed by atoms with Crippen molar-refractivity contribution in [1.29, 1.82) is 0 Å². The van der Waals surface area contributed by atoms with Gasteiger partial charge in [0, 0.05) is 0 Å². The predicted octanol–water partition coefficient (Wildman–Crippen LogP) is 8.65. The van der Waals surface area contributed by atoms with Gasteiger partial charge in [0.15, 0.2) is 0 Å². The van der Waals surface area contributed by atoms with Gasteiger partial charge in [-0.3, -0.25) is 0 Å². The van der Waals surface area contributed by atoms with E-state index < -0.39 is 93.1 Å². The molecular formula is C20H54EuSi6. The first-order valence-electron chi connectivity index (χ1n) is 10.9. The molecule has 165 valence electrons.